The molecule has 0 saturated heterocycles. The average Bonchev–Trinajstić information content (AvgIpc) is 3.20. The largest absolute Gasteiger partial charge is 0.233 e. The molecule has 0 bridgehead atoms. The van der Waals surface area contributed by atoms with E-state index < -0.39 is 25.5 Å². The Morgan fingerprint density at radius 3 is 2.06 bits per heavy atom. The zero-order valence-electron chi connectivity index (χ0n) is 16.2. The predicted molar refractivity (Wildman–Crippen MR) is 118 cm³/mol. The Morgan fingerprint density at radius 2 is 1.42 bits per heavy atom. The van der Waals surface area contributed by atoms with Crippen LogP contribution in [0.4, 0.5) is 4.39 Å². The fourth-order valence-corrected chi connectivity index (χ4v) is 6.69. The number of rotatable bonds is 5. The lowest BCUT2D eigenvalue weighted by molar-refractivity contribution is 0.595. The van der Waals surface area contributed by atoms with Crippen LogP contribution in [0.2, 0.25) is 0 Å². The second-order valence-electron chi connectivity index (χ2n) is 6.75. The van der Waals surface area contributed by atoms with Crippen molar-refractivity contribution in [2.24, 2.45) is 0 Å². The van der Waals surface area contributed by atoms with Crippen molar-refractivity contribution in [3.8, 4) is 21.7 Å². The van der Waals surface area contributed by atoms with Crippen LogP contribution in [-0.2, 0) is 19.7 Å². The molecular formula is C22H16FNO4S3. The first kappa shape index (κ1) is 21.4. The van der Waals surface area contributed by atoms with Crippen molar-refractivity contribution in [1.82, 2.24) is 4.98 Å². The van der Waals surface area contributed by atoms with Gasteiger partial charge in [-0.25, -0.2) is 26.2 Å². The number of benzene rings is 3. The molecule has 0 radical (unpaired) electrons. The van der Waals surface area contributed by atoms with Crippen LogP contribution < -0.4 is 0 Å². The smallest absolute Gasteiger partial charge is 0.224 e. The maximum atomic E-state index is 13.5. The summed E-state index contributed by atoms with van der Waals surface area (Å²) in [5, 5.41) is 0. The Balaban J connectivity index is 2.01. The molecular weight excluding hydrogens is 457 g/mol. The summed E-state index contributed by atoms with van der Waals surface area (Å²) in [6.45, 7) is 0. The van der Waals surface area contributed by atoms with Gasteiger partial charge in [0.25, 0.3) is 0 Å². The molecule has 3 aromatic carbocycles. The molecule has 9 heteroatoms. The van der Waals surface area contributed by atoms with Gasteiger partial charge >= 0.3 is 0 Å². The lowest BCUT2D eigenvalue weighted by Gasteiger charge is -2.08. The molecule has 0 saturated carbocycles. The first-order valence-corrected chi connectivity index (χ1v) is 13.2. The summed E-state index contributed by atoms with van der Waals surface area (Å²) in [7, 11) is -7.54. The molecule has 31 heavy (non-hydrogen) atoms. The highest BCUT2D eigenvalue weighted by molar-refractivity contribution is 7.93. The van der Waals surface area contributed by atoms with Crippen molar-refractivity contribution in [1.29, 1.82) is 0 Å². The van der Waals surface area contributed by atoms with Gasteiger partial charge in [0.2, 0.25) is 14.2 Å². The van der Waals surface area contributed by atoms with Crippen molar-refractivity contribution < 1.29 is 21.2 Å². The van der Waals surface area contributed by atoms with Gasteiger partial charge in [-0.3, -0.25) is 0 Å². The molecule has 1 heterocycles. The monoisotopic (exact) mass is 473 g/mol. The van der Waals surface area contributed by atoms with E-state index in [1.807, 2.05) is 0 Å². The fourth-order valence-electron chi connectivity index (χ4n) is 3.08. The van der Waals surface area contributed by atoms with E-state index in [9.17, 15) is 21.2 Å². The molecule has 0 aliphatic heterocycles. The first-order valence-electron chi connectivity index (χ1n) is 9.04. The molecule has 4 aromatic rings. The minimum Gasteiger partial charge on any atom is -0.224 e. The molecule has 158 valence electrons. The highest BCUT2D eigenvalue weighted by Crippen LogP contribution is 2.41. The topological polar surface area (TPSA) is 81.2 Å². The van der Waals surface area contributed by atoms with Crippen LogP contribution in [-0.4, -0.2) is 28.1 Å². The average molecular weight is 474 g/mol. The van der Waals surface area contributed by atoms with Gasteiger partial charge in [-0.15, -0.1) is 11.3 Å². The summed E-state index contributed by atoms with van der Waals surface area (Å²) in [5.74, 6) is -0.441. The lowest BCUT2D eigenvalue weighted by Crippen LogP contribution is -2.02. The van der Waals surface area contributed by atoms with Crippen LogP contribution in [0.5, 0.6) is 0 Å². The minimum atomic E-state index is -3.93. The third-order valence-electron chi connectivity index (χ3n) is 4.54. The van der Waals surface area contributed by atoms with E-state index in [2.05, 4.69) is 4.98 Å². The van der Waals surface area contributed by atoms with Crippen molar-refractivity contribution >= 4 is 31.0 Å². The summed E-state index contributed by atoms with van der Waals surface area (Å²) < 4.78 is 64.3. The van der Waals surface area contributed by atoms with Gasteiger partial charge in [0.15, 0.2) is 9.84 Å². The number of thiazole rings is 1. The molecule has 0 unspecified atom stereocenters. The first-order chi connectivity index (χ1) is 14.7. The van der Waals surface area contributed by atoms with Gasteiger partial charge in [-0.2, -0.15) is 0 Å². The normalized spacial score (nSPS) is 12.1. The third-order valence-corrected chi connectivity index (χ3v) is 8.95. The van der Waals surface area contributed by atoms with Gasteiger partial charge < -0.3 is 0 Å². The van der Waals surface area contributed by atoms with Crippen molar-refractivity contribution in [2.45, 2.75) is 14.1 Å². The summed E-state index contributed by atoms with van der Waals surface area (Å²) in [4.78, 5) is 4.93. The summed E-state index contributed by atoms with van der Waals surface area (Å²) in [5.41, 5.74) is 1.04. The standard InChI is InChI=1S/C22H16FNO4S3/c1-30(25,26)19-10-6-5-9-18(19)20-21(15-11-13-16(23)14-12-15)29-22(24-20)31(27,28)17-7-3-2-4-8-17/h2-14H,1H3. The van der Waals surface area contributed by atoms with Gasteiger partial charge in [-0.1, -0.05) is 48.5 Å². The Hall–Kier alpha value is -2.88. The van der Waals surface area contributed by atoms with Crippen molar-refractivity contribution in [3.05, 3.63) is 84.7 Å². The fraction of sp³-hybridized carbons (Fsp3) is 0.0455. The molecule has 0 amide bonds. The Labute approximate surface area is 183 Å². The molecule has 0 aliphatic rings. The van der Waals surface area contributed by atoms with E-state index in [1.54, 1.807) is 36.4 Å². The number of halogens is 1. The SMILES string of the molecule is CS(=O)(=O)c1ccccc1-c1nc(S(=O)(=O)c2ccccc2)sc1-c1ccc(F)cc1. The van der Waals surface area contributed by atoms with E-state index in [0.717, 1.165) is 17.6 Å². The molecule has 5 nitrogen and oxygen atoms in total. The van der Waals surface area contributed by atoms with Crippen LogP contribution in [0.3, 0.4) is 0 Å². The highest BCUT2D eigenvalue weighted by Gasteiger charge is 2.27. The third kappa shape index (κ3) is 4.16. The highest BCUT2D eigenvalue weighted by atomic mass is 32.2. The van der Waals surface area contributed by atoms with Gasteiger partial charge in [0, 0.05) is 11.8 Å². The van der Waals surface area contributed by atoms with Crippen LogP contribution in [0.25, 0.3) is 21.7 Å². The minimum absolute atomic E-state index is 0.0346. The lowest BCUT2D eigenvalue weighted by atomic mass is 10.1. The van der Waals surface area contributed by atoms with Crippen LogP contribution in [0, 0.1) is 5.82 Å². The van der Waals surface area contributed by atoms with Crippen LogP contribution in [0.1, 0.15) is 0 Å². The number of sulfone groups is 2. The number of aromatic nitrogens is 1. The maximum absolute atomic E-state index is 13.5. The molecule has 0 fully saturated rings. The zero-order valence-corrected chi connectivity index (χ0v) is 18.6. The van der Waals surface area contributed by atoms with Crippen molar-refractivity contribution in [3.63, 3.8) is 0 Å². The van der Waals surface area contributed by atoms with Gasteiger partial charge in [0.05, 0.1) is 20.4 Å². The van der Waals surface area contributed by atoms with Gasteiger partial charge in [-0.05, 0) is 35.9 Å². The summed E-state index contributed by atoms with van der Waals surface area (Å²) >= 11 is 0.918. The summed E-state index contributed by atoms with van der Waals surface area (Å²) in [6.07, 6.45) is 1.08. The van der Waals surface area contributed by atoms with Crippen molar-refractivity contribution in [2.75, 3.05) is 6.26 Å². The molecule has 1 aromatic heterocycles. The number of hydrogen-bond donors (Lipinski definition) is 0. The maximum Gasteiger partial charge on any atom is 0.233 e. The van der Waals surface area contributed by atoms with Crippen LogP contribution >= 0.6 is 11.3 Å². The number of nitrogens with zero attached hydrogens (tertiary/aromatic N) is 1. The van der Waals surface area contributed by atoms with E-state index in [-0.39, 0.29) is 25.4 Å². The molecule has 4 rings (SSSR count). The quantitative estimate of drug-likeness (QED) is 0.414. The van der Waals surface area contributed by atoms with E-state index in [4.69, 9.17) is 0 Å². The Kier molecular flexibility index (Phi) is 5.50. The molecule has 0 spiro atoms. The second-order valence-corrected chi connectivity index (χ2v) is 11.9. The predicted octanol–water partition coefficient (Wildman–Crippen LogP) is 4.85. The zero-order chi connectivity index (χ0) is 22.2. The molecule has 0 atom stereocenters. The molecule has 0 N–H and O–H groups in total. The van der Waals surface area contributed by atoms with Gasteiger partial charge in [0.1, 0.15) is 5.82 Å². The van der Waals surface area contributed by atoms with E-state index in [1.165, 1.54) is 42.5 Å². The Bertz CT molecular complexity index is 1460. The van der Waals surface area contributed by atoms with E-state index >= 15 is 0 Å². The number of hydrogen-bond acceptors (Lipinski definition) is 6. The summed E-state index contributed by atoms with van der Waals surface area (Å²) in [6, 6.07) is 19.7. The Morgan fingerprint density at radius 1 is 0.806 bits per heavy atom. The van der Waals surface area contributed by atoms with E-state index in [0.29, 0.717) is 10.4 Å². The molecule has 0 aliphatic carbocycles. The van der Waals surface area contributed by atoms with Crippen LogP contribution in [0.15, 0.2) is 93.0 Å². The second kappa shape index (κ2) is 7.99.